The van der Waals surface area contributed by atoms with E-state index in [9.17, 15) is 10.1 Å². The Morgan fingerprint density at radius 1 is 1.53 bits per heavy atom. The van der Waals surface area contributed by atoms with Crippen molar-refractivity contribution >= 4 is 24.1 Å². The van der Waals surface area contributed by atoms with Crippen LogP contribution in [0.2, 0.25) is 0 Å². The van der Waals surface area contributed by atoms with Crippen LogP contribution in [0.5, 0.6) is 0 Å². The van der Waals surface area contributed by atoms with Gasteiger partial charge in [0.25, 0.3) is 5.69 Å². The SMILES string of the molecule is O=[N+]([O-])c1ccccc1/C=N\n1cn[nH]c1=S. The van der Waals surface area contributed by atoms with Crippen LogP contribution in [0.1, 0.15) is 5.56 Å². The van der Waals surface area contributed by atoms with Crippen molar-refractivity contribution < 1.29 is 4.92 Å². The molecule has 0 amide bonds. The molecule has 0 unspecified atom stereocenters. The van der Waals surface area contributed by atoms with Crippen molar-refractivity contribution in [1.82, 2.24) is 14.9 Å². The fourth-order valence-electron chi connectivity index (χ4n) is 1.21. The molecule has 2 rings (SSSR count). The smallest absolute Gasteiger partial charge is 0.258 e. The summed E-state index contributed by atoms with van der Waals surface area (Å²) in [5, 5.41) is 20.9. The van der Waals surface area contributed by atoms with Gasteiger partial charge in [0.05, 0.1) is 16.7 Å². The molecule has 8 heteroatoms. The van der Waals surface area contributed by atoms with Gasteiger partial charge in [-0.2, -0.15) is 14.9 Å². The first kappa shape index (κ1) is 11.1. The minimum Gasteiger partial charge on any atom is -0.258 e. The van der Waals surface area contributed by atoms with Crippen molar-refractivity contribution in [3.05, 3.63) is 51.0 Å². The summed E-state index contributed by atoms with van der Waals surface area (Å²) in [6, 6.07) is 6.31. The van der Waals surface area contributed by atoms with E-state index in [1.165, 1.54) is 23.3 Å². The van der Waals surface area contributed by atoms with Crippen LogP contribution in [-0.2, 0) is 0 Å². The molecule has 1 aromatic heterocycles. The Balaban J connectivity index is 2.37. The van der Waals surface area contributed by atoms with Crippen LogP contribution in [0.3, 0.4) is 0 Å². The van der Waals surface area contributed by atoms with Crippen LogP contribution < -0.4 is 0 Å². The second kappa shape index (κ2) is 4.66. The Bertz CT molecular complexity index is 630. The average Bonchev–Trinajstić information content (AvgIpc) is 2.72. The maximum atomic E-state index is 10.7. The topological polar surface area (TPSA) is 89.1 Å². The Morgan fingerprint density at radius 3 is 2.94 bits per heavy atom. The number of aromatic nitrogens is 3. The lowest BCUT2D eigenvalue weighted by Crippen LogP contribution is -1.95. The predicted octanol–water partition coefficient (Wildman–Crippen LogP) is 1.73. The highest BCUT2D eigenvalue weighted by Gasteiger charge is 2.09. The Labute approximate surface area is 101 Å². The average molecular weight is 249 g/mol. The van der Waals surface area contributed by atoms with Crippen LogP contribution in [0.15, 0.2) is 35.7 Å². The van der Waals surface area contributed by atoms with Crippen molar-refractivity contribution in [3.8, 4) is 0 Å². The highest BCUT2D eigenvalue weighted by atomic mass is 32.1. The molecule has 1 heterocycles. The molecule has 0 aliphatic heterocycles. The Morgan fingerprint density at radius 2 is 2.29 bits per heavy atom. The fraction of sp³-hybridized carbons (Fsp3) is 0. The second-order valence-corrected chi connectivity index (χ2v) is 3.45. The van der Waals surface area contributed by atoms with Gasteiger partial charge in [0.1, 0.15) is 6.33 Å². The van der Waals surface area contributed by atoms with E-state index in [1.807, 2.05) is 0 Å². The molecular weight excluding hydrogens is 242 g/mol. The normalized spacial score (nSPS) is 10.8. The van der Waals surface area contributed by atoms with Crippen LogP contribution in [0.25, 0.3) is 0 Å². The van der Waals surface area contributed by atoms with E-state index >= 15 is 0 Å². The molecule has 1 N–H and O–H groups in total. The number of aromatic amines is 1. The Hall–Kier alpha value is -2.35. The van der Waals surface area contributed by atoms with Gasteiger partial charge < -0.3 is 0 Å². The van der Waals surface area contributed by atoms with Gasteiger partial charge in [-0.05, 0) is 18.3 Å². The molecule has 0 atom stereocenters. The first-order valence-corrected chi connectivity index (χ1v) is 4.99. The largest absolute Gasteiger partial charge is 0.278 e. The van der Waals surface area contributed by atoms with Gasteiger partial charge >= 0.3 is 0 Å². The van der Waals surface area contributed by atoms with Gasteiger partial charge in [0.15, 0.2) is 0 Å². The van der Waals surface area contributed by atoms with E-state index in [-0.39, 0.29) is 5.69 Å². The third-order valence-corrected chi connectivity index (χ3v) is 2.27. The quantitative estimate of drug-likeness (QED) is 0.388. The third-order valence-electron chi connectivity index (χ3n) is 1.99. The number of benzene rings is 1. The van der Waals surface area contributed by atoms with Crippen molar-refractivity contribution in [2.45, 2.75) is 0 Å². The summed E-state index contributed by atoms with van der Waals surface area (Å²) < 4.78 is 1.63. The predicted molar refractivity (Wildman–Crippen MR) is 63.5 cm³/mol. The minimum absolute atomic E-state index is 0.00809. The summed E-state index contributed by atoms with van der Waals surface area (Å²) >= 11 is 4.88. The summed E-state index contributed by atoms with van der Waals surface area (Å²) in [5.74, 6) is 0. The summed E-state index contributed by atoms with van der Waals surface area (Å²) in [6.07, 6.45) is 2.75. The lowest BCUT2D eigenvalue weighted by molar-refractivity contribution is -0.385. The van der Waals surface area contributed by atoms with Gasteiger partial charge in [-0.3, -0.25) is 15.2 Å². The standard InChI is InChI=1S/C9H7N5O2S/c15-14(16)8-4-2-1-3-7(8)5-11-13-6-10-12-9(13)17/h1-6H,(H,12,17)/b11-5-. The number of H-pyrrole nitrogens is 1. The van der Waals surface area contributed by atoms with Gasteiger partial charge in [-0.25, -0.2) is 0 Å². The molecule has 0 saturated carbocycles. The summed E-state index contributed by atoms with van der Waals surface area (Å²) in [5.41, 5.74) is 0.395. The van der Waals surface area contributed by atoms with Gasteiger partial charge in [-0.15, -0.1) is 0 Å². The number of nitrogens with one attached hydrogen (secondary N) is 1. The number of hydrogen-bond donors (Lipinski definition) is 1. The summed E-state index contributed by atoms with van der Waals surface area (Å²) in [6.45, 7) is 0. The van der Waals surface area contributed by atoms with Crippen molar-refractivity contribution in [3.63, 3.8) is 0 Å². The van der Waals surface area contributed by atoms with Crippen LogP contribution in [0.4, 0.5) is 5.69 Å². The lowest BCUT2D eigenvalue weighted by Gasteiger charge is -1.95. The molecule has 0 spiro atoms. The molecule has 86 valence electrons. The fourth-order valence-corrected chi connectivity index (χ4v) is 1.36. The number of para-hydroxylation sites is 1. The number of nitro groups is 1. The van der Waals surface area contributed by atoms with E-state index in [2.05, 4.69) is 15.3 Å². The zero-order valence-corrected chi connectivity index (χ0v) is 9.29. The highest BCUT2D eigenvalue weighted by molar-refractivity contribution is 7.71. The molecule has 7 nitrogen and oxygen atoms in total. The number of rotatable bonds is 3. The number of hydrogen-bond acceptors (Lipinski definition) is 5. The van der Waals surface area contributed by atoms with Crippen molar-refractivity contribution in [2.75, 3.05) is 0 Å². The zero-order valence-electron chi connectivity index (χ0n) is 8.48. The van der Waals surface area contributed by atoms with E-state index in [4.69, 9.17) is 12.2 Å². The molecule has 17 heavy (non-hydrogen) atoms. The van der Waals surface area contributed by atoms with E-state index in [1.54, 1.807) is 18.2 Å². The molecule has 0 radical (unpaired) electrons. The molecule has 0 bridgehead atoms. The highest BCUT2D eigenvalue weighted by Crippen LogP contribution is 2.15. The van der Waals surface area contributed by atoms with Crippen LogP contribution in [0, 0.1) is 14.9 Å². The maximum absolute atomic E-state index is 10.7. The molecule has 1 aromatic carbocycles. The lowest BCUT2D eigenvalue weighted by atomic mass is 10.2. The Kier molecular flexibility index (Phi) is 3.06. The third kappa shape index (κ3) is 2.42. The van der Waals surface area contributed by atoms with Crippen molar-refractivity contribution in [2.24, 2.45) is 5.10 Å². The minimum atomic E-state index is -0.462. The molecular formula is C9H7N5O2S. The number of nitro benzene ring substituents is 1. The molecule has 0 fully saturated rings. The molecule has 0 aliphatic carbocycles. The second-order valence-electron chi connectivity index (χ2n) is 3.07. The van der Waals surface area contributed by atoms with Gasteiger partial charge in [-0.1, -0.05) is 12.1 Å². The monoisotopic (exact) mass is 249 g/mol. The van der Waals surface area contributed by atoms with Crippen molar-refractivity contribution in [1.29, 1.82) is 0 Å². The van der Waals surface area contributed by atoms with Gasteiger partial charge in [0, 0.05) is 6.07 Å². The molecule has 0 saturated heterocycles. The van der Waals surface area contributed by atoms with E-state index < -0.39 is 4.92 Å². The first-order chi connectivity index (χ1) is 8.18. The van der Waals surface area contributed by atoms with E-state index in [0.717, 1.165) is 0 Å². The zero-order chi connectivity index (χ0) is 12.3. The number of nitrogens with zero attached hydrogens (tertiary/aromatic N) is 4. The van der Waals surface area contributed by atoms with Crippen LogP contribution in [-0.4, -0.2) is 26.0 Å². The first-order valence-electron chi connectivity index (χ1n) is 4.58. The maximum Gasteiger partial charge on any atom is 0.278 e. The van der Waals surface area contributed by atoms with E-state index in [0.29, 0.717) is 10.3 Å². The summed E-state index contributed by atoms with van der Waals surface area (Å²) in [4.78, 5) is 10.3. The van der Waals surface area contributed by atoms with Gasteiger partial charge in [0.2, 0.25) is 4.77 Å². The molecule has 2 aromatic rings. The van der Waals surface area contributed by atoms with Crippen LogP contribution >= 0.6 is 12.2 Å². The molecule has 0 aliphatic rings. The summed E-state index contributed by atoms with van der Waals surface area (Å²) in [7, 11) is 0.